The van der Waals surface area contributed by atoms with Gasteiger partial charge in [-0.25, -0.2) is 0 Å². The van der Waals surface area contributed by atoms with E-state index in [0.29, 0.717) is 26.2 Å². The van der Waals surface area contributed by atoms with Crippen molar-refractivity contribution in [3.05, 3.63) is 0 Å². The van der Waals surface area contributed by atoms with Crippen molar-refractivity contribution >= 4 is 18.3 Å². The van der Waals surface area contributed by atoms with Gasteiger partial charge in [0.2, 0.25) is 5.91 Å². The Balaban J connectivity index is 0.00000196. The molecule has 90 valence electrons. The van der Waals surface area contributed by atoms with E-state index < -0.39 is 5.41 Å². The zero-order valence-electron chi connectivity index (χ0n) is 9.66. The molecular formula is C10H21ClN2O2. The summed E-state index contributed by atoms with van der Waals surface area (Å²) < 4.78 is 5.38. The average molecular weight is 237 g/mol. The number of carbonyl (C=O) groups is 1. The van der Waals surface area contributed by atoms with Crippen LogP contribution in [0.15, 0.2) is 0 Å². The second-order valence-electron chi connectivity index (χ2n) is 4.52. The maximum absolute atomic E-state index is 12.0. The lowest BCUT2D eigenvalue weighted by Crippen LogP contribution is -2.51. The fourth-order valence-electron chi connectivity index (χ4n) is 1.52. The van der Waals surface area contributed by atoms with E-state index in [1.54, 1.807) is 0 Å². The molecule has 2 N–H and O–H groups in total. The molecule has 1 amide bonds. The summed E-state index contributed by atoms with van der Waals surface area (Å²) in [6.45, 7) is 8.14. The number of hydrogen-bond acceptors (Lipinski definition) is 3. The van der Waals surface area contributed by atoms with Crippen LogP contribution >= 0.6 is 12.4 Å². The largest absolute Gasteiger partial charge is 0.375 e. The number of ether oxygens (including phenoxy) is 1. The predicted molar refractivity (Wildman–Crippen MR) is 62.1 cm³/mol. The Morgan fingerprint density at radius 1 is 1.60 bits per heavy atom. The summed E-state index contributed by atoms with van der Waals surface area (Å²) in [6, 6.07) is 0. The van der Waals surface area contributed by atoms with Gasteiger partial charge in [0, 0.05) is 19.6 Å². The molecule has 1 unspecified atom stereocenters. The molecule has 0 aromatic carbocycles. The summed E-state index contributed by atoms with van der Waals surface area (Å²) >= 11 is 0. The number of nitrogens with two attached hydrogens (primary N) is 1. The van der Waals surface area contributed by atoms with Crippen LogP contribution in [0.3, 0.4) is 0 Å². The van der Waals surface area contributed by atoms with Gasteiger partial charge < -0.3 is 15.4 Å². The van der Waals surface area contributed by atoms with Gasteiger partial charge in [-0.1, -0.05) is 0 Å². The molecule has 15 heavy (non-hydrogen) atoms. The molecule has 0 bridgehead atoms. The minimum atomic E-state index is -0.447. The minimum absolute atomic E-state index is 0. The lowest BCUT2D eigenvalue weighted by Gasteiger charge is -2.36. The van der Waals surface area contributed by atoms with Crippen LogP contribution < -0.4 is 5.73 Å². The molecule has 1 aliphatic rings. The Bertz CT molecular complexity index is 221. The smallest absolute Gasteiger partial charge is 0.229 e. The Morgan fingerprint density at radius 2 is 2.20 bits per heavy atom. The number of amides is 1. The molecule has 0 spiro atoms. The quantitative estimate of drug-likeness (QED) is 0.766. The number of carbonyl (C=O) groups excluding carboxylic acids is 1. The number of nitrogens with zero attached hydrogens (tertiary/aromatic N) is 1. The van der Waals surface area contributed by atoms with Crippen molar-refractivity contribution in [3.63, 3.8) is 0 Å². The lowest BCUT2D eigenvalue weighted by molar-refractivity contribution is -0.146. The molecule has 1 fully saturated rings. The van der Waals surface area contributed by atoms with Crippen molar-refractivity contribution in [2.24, 2.45) is 11.1 Å². The third-order valence-corrected chi connectivity index (χ3v) is 2.62. The third kappa shape index (κ3) is 3.63. The molecule has 4 nitrogen and oxygen atoms in total. The zero-order valence-corrected chi connectivity index (χ0v) is 10.5. The van der Waals surface area contributed by atoms with Gasteiger partial charge in [-0.2, -0.15) is 0 Å². The molecule has 5 heteroatoms. The molecule has 1 aliphatic heterocycles. The number of morpholine rings is 1. The first kappa shape index (κ1) is 14.7. The molecular weight excluding hydrogens is 216 g/mol. The summed E-state index contributed by atoms with van der Waals surface area (Å²) in [4.78, 5) is 13.8. The highest BCUT2D eigenvalue weighted by atomic mass is 35.5. The van der Waals surface area contributed by atoms with E-state index in [-0.39, 0.29) is 24.4 Å². The van der Waals surface area contributed by atoms with Crippen LogP contribution in [0.1, 0.15) is 20.8 Å². The van der Waals surface area contributed by atoms with Crippen LogP contribution in [0.2, 0.25) is 0 Å². The normalized spacial score (nSPS) is 22.1. The first-order valence-electron chi connectivity index (χ1n) is 5.08. The van der Waals surface area contributed by atoms with Crippen LogP contribution in [-0.4, -0.2) is 43.2 Å². The third-order valence-electron chi connectivity index (χ3n) is 2.62. The van der Waals surface area contributed by atoms with Crippen LogP contribution in [0.25, 0.3) is 0 Å². The van der Waals surface area contributed by atoms with Crippen molar-refractivity contribution in [1.29, 1.82) is 0 Å². The second-order valence-corrected chi connectivity index (χ2v) is 4.52. The Labute approximate surface area is 97.5 Å². The summed E-state index contributed by atoms with van der Waals surface area (Å²) in [5, 5.41) is 0. The number of halogens is 1. The topological polar surface area (TPSA) is 55.6 Å². The predicted octanol–water partition coefficient (Wildman–Crippen LogP) is 0.640. The van der Waals surface area contributed by atoms with E-state index in [1.807, 2.05) is 25.7 Å². The Morgan fingerprint density at radius 3 is 2.67 bits per heavy atom. The molecule has 0 aromatic rings. The monoisotopic (exact) mass is 236 g/mol. The van der Waals surface area contributed by atoms with Crippen LogP contribution in [-0.2, 0) is 9.53 Å². The van der Waals surface area contributed by atoms with Crippen LogP contribution in [0.4, 0.5) is 0 Å². The van der Waals surface area contributed by atoms with E-state index in [1.165, 1.54) is 0 Å². The fourth-order valence-corrected chi connectivity index (χ4v) is 1.52. The van der Waals surface area contributed by atoms with Gasteiger partial charge in [-0.05, 0) is 20.8 Å². The first-order valence-corrected chi connectivity index (χ1v) is 5.08. The van der Waals surface area contributed by atoms with Crippen molar-refractivity contribution in [2.45, 2.75) is 26.9 Å². The maximum atomic E-state index is 12.0. The molecule has 0 aromatic heterocycles. The number of rotatable bonds is 2. The molecule has 0 radical (unpaired) electrons. The van der Waals surface area contributed by atoms with Crippen molar-refractivity contribution in [1.82, 2.24) is 4.90 Å². The lowest BCUT2D eigenvalue weighted by atomic mass is 9.91. The Kier molecular flexibility index (Phi) is 5.56. The van der Waals surface area contributed by atoms with E-state index in [9.17, 15) is 4.79 Å². The van der Waals surface area contributed by atoms with Gasteiger partial charge in [0.1, 0.15) is 0 Å². The van der Waals surface area contributed by atoms with E-state index in [4.69, 9.17) is 10.5 Å². The Hall–Kier alpha value is -0.320. The van der Waals surface area contributed by atoms with E-state index in [0.717, 1.165) is 0 Å². The second kappa shape index (κ2) is 5.68. The molecule has 0 saturated carbocycles. The molecule has 0 aliphatic carbocycles. The highest BCUT2D eigenvalue weighted by molar-refractivity contribution is 5.85. The molecule has 1 saturated heterocycles. The van der Waals surface area contributed by atoms with Crippen LogP contribution in [0.5, 0.6) is 0 Å². The molecule has 1 heterocycles. The fraction of sp³-hybridized carbons (Fsp3) is 0.900. The van der Waals surface area contributed by atoms with Crippen molar-refractivity contribution in [3.8, 4) is 0 Å². The van der Waals surface area contributed by atoms with Gasteiger partial charge in [0.25, 0.3) is 0 Å². The summed E-state index contributed by atoms with van der Waals surface area (Å²) in [5.74, 6) is 0.134. The van der Waals surface area contributed by atoms with E-state index >= 15 is 0 Å². The highest BCUT2D eigenvalue weighted by Crippen LogP contribution is 2.18. The van der Waals surface area contributed by atoms with Gasteiger partial charge >= 0.3 is 0 Å². The van der Waals surface area contributed by atoms with Crippen LogP contribution in [0, 0.1) is 5.41 Å². The van der Waals surface area contributed by atoms with Gasteiger partial charge in [0.05, 0.1) is 18.1 Å². The number of hydrogen-bond donors (Lipinski definition) is 1. The average Bonchev–Trinajstić information content (AvgIpc) is 2.16. The molecule has 1 atom stereocenters. The minimum Gasteiger partial charge on any atom is -0.375 e. The zero-order chi connectivity index (χ0) is 10.8. The molecule has 1 rings (SSSR count). The van der Waals surface area contributed by atoms with Gasteiger partial charge in [0.15, 0.2) is 0 Å². The maximum Gasteiger partial charge on any atom is 0.229 e. The first-order chi connectivity index (χ1) is 6.47. The summed E-state index contributed by atoms with van der Waals surface area (Å²) in [5.41, 5.74) is 5.12. The standard InChI is InChI=1S/C10H20N2O2.ClH/c1-8-6-12(4-5-14-8)9(13)10(2,3)7-11;/h8H,4-7,11H2,1-3H3;1H. The van der Waals surface area contributed by atoms with Crippen molar-refractivity contribution in [2.75, 3.05) is 26.2 Å². The summed E-state index contributed by atoms with van der Waals surface area (Å²) in [7, 11) is 0. The van der Waals surface area contributed by atoms with Gasteiger partial charge in [-0.3, -0.25) is 4.79 Å². The van der Waals surface area contributed by atoms with Gasteiger partial charge in [-0.15, -0.1) is 12.4 Å². The highest BCUT2D eigenvalue weighted by Gasteiger charge is 2.32. The SMILES string of the molecule is CC1CN(C(=O)C(C)(C)CN)CCO1.Cl. The van der Waals surface area contributed by atoms with E-state index in [2.05, 4.69) is 0 Å². The van der Waals surface area contributed by atoms with Crippen molar-refractivity contribution < 1.29 is 9.53 Å². The summed E-state index contributed by atoms with van der Waals surface area (Å²) in [6.07, 6.45) is 0.140.